The van der Waals surface area contributed by atoms with Gasteiger partial charge in [-0.2, -0.15) is 0 Å². The maximum atomic E-state index is 10.6. The number of halogens is 2. The van der Waals surface area contributed by atoms with Crippen LogP contribution in [0, 0.1) is 0 Å². The summed E-state index contributed by atoms with van der Waals surface area (Å²) < 4.78 is 21.2. The normalized spacial score (nSPS) is 7.67. The van der Waals surface area contributed by atoms with E-state index in [-0.39, 0.29) is 0 Å². The summed E-state index contributed by atoms with van der Waals surface area (Å²) in [6.45, 7) is 0. The van der Waals surface area contributed by atoms with Crippen LogP contribution in [0.4, 0.5) is 8.96 Å². The lowest BCUT2D eigenvalue weighted by Crippen LogP contribution is -2.07. The van der Waals surface area contributed by atoms with Gasteiger partial charge in [0.25, 0.3) is 0 Å². The van der Waals surface area contributed by atoms with Gasteiger partial charge in [0.2, 0.25) is 0 Å². The molecule has 0 heterocycles. The lowest BCUT2D eigenvalue weighted by molar-refractivity contribution is -0.0871. The first-order valence-electron chi connectivity index (χ1n) is 0.989. The van der Waals surface area contributed by atoms with Crippen molar-refractivity contribution in [2.45, 2.75) is 0 Å². The first kappa shape index (κ1) is 5.55. The van der Waals surface area contributed by atoms with Crippen molar-refractivity contribution >= 4 is 17.4 Å². The van der Waals surface area contributed by atoms with Crippen LogP contribution in [0.3, 0.4) is 0 Å². The van der Waals surface area contributed by atoms with E-state index in [9.17, 15) is 8.96 Å². The number of rotatable bonds is 0. The van der Waals surface area contributed by atoms with Gasteiger partial charge in [-0.05, 0) is 12.2 Å². The highest BCUT2D eigenvalue weighted by molar-refractivity contribution is 7.79. The van der Waals surface area contributed by atoms with Crippen molar-refractivity contribution in [3.8, 4) is 0 Å². The number of hydrogen-bond donors (Lipinski definition) is 1. The van der Waals surface area contributed by atoms with Gasteiger partial charge in [0.1, 0.15) is 0 Å². The third-order valence-corrected chi connectivity index (χ3v) is 0.283. The maximum absolute atomic E-state index is 10.6. The fourth-order valence-corrected chi connectivity index (χ4v) is 0. The van der Waals surface area contributed by atoms with Crippen molar-refractivity contribution in [1.29, 1.82) is 0 Å². The van der Waals surface area contributed by atoms with Gasteiger partial charge >= 0.3 is 5.17 Å². The molecule has 0 aliphatic heterocycles. The van der Waals surface area contributed by atoms with E-state index in [1.807, 2.05) is 0 Å². The van der Waals surface area contributed by atoms with Crippen molar-refractivity contribution in [3.05, 3.63) is 0 Å². The van der Waals surface area contributed by atoms with Crippen molar-refractivity contribution < 1.29 is 14.1 Å². The molecule has 0 radical (unpaired) electrons. The van der Waals surface area contributed by atoms with Gasteiger partial charge < -0.3 is 5.11 Å². The second kappa shape index (κ2) is 1.86. The van der Waals surface area contributed by atoms with Gasteiger partial charge in [-0.1, -0.05) is 8.96 Å². The molecule has 5 heteroatoms. The molecule has 0 bridgehead atoms. The average Bonchev–Trinajstić information content (AvgIpc) is 1.36. The third kappa shape index (κ3) is 1.83. The Morgan fingerprint density at radius 1 is 1.67 bits per heavy atom. The largest absolute Gasteiger partial charge is 0.483 e. The van der Waals surface area contributed by atoms with E-state index in [2.05, 4.69) is 12.2 Å². The number of nitrogens with zero attached hydrogens (tertiary/aromatic N) is 1. The van der Waals surface area contributed by atoms with Crippen molar-refractivity contribution in [1.82, 2.24) is 5.34 Å². The second-order valence-electron chi connectivity index (χ2n) is 0.515. The SMILES string of the molecule is OC(=S)N(F)F. The van der Waals surface area contributed by atoms with E-state index in [4.69, 9.17) is 5.11 Å². The third-order valence-electron chi connectivity index (χ3n) is 0.145. The van der Waals surface area contributed by atoms with Crippen LogP contribution in [-0.2, 0) is 0 Å². The van der Waals surface area contributed by atoms with Crippen LogP contribution in [0.25, 0.3) is 0 Å². The Labute approximate surface area is 37.9 Å². The summed E-state index contributed by atoms with van der Waals surface area (Å²) in [5.74, 6) is 0. The summed E-state index contributed by atoms with van der Waals surface area (Å²) in [6, 6.07) is 0. The van der Waals surface area contributed by atoms with Crippen molar-refractivity contribution in [2.24, 2.45) is 0 Å². The van der Waals surface area contributed by atoms with Gasteiger partial charge in [-0.3, -0.25) is 0 Å². The Balaban J connectivity index is 3.26. The Bertz CT molecular complexity index is 64.6. The molecule has 0 spiro atoms. The molecule has 0 aliphatic carbocycles. The molecule has 36 valence electrons. The highest BCUT2D eigenvalue weighted by atomic mass is 32.1. The molecule has 0 saturated carbocycles. The van der Waals surface area contributed by atoms with E-state index < -0.39 is 10.5 Å². The summed E-state index contributed by atoms with van der Waals surface area (Å²) in [5.41, 5.74) is 0. The quantitative estimate of drug-likeness (QED) is 0.373. The standard InChI is InChI=1S/CHF2NOS/c2-4(3)1(5)6/h(H,5,6). The molecular formula is CHF2NOS. The van der Waals surface area contributed by atoms with Crippen molar-refractivity contribution in [2.75, 3.05) is 0 Å². The van der Waals surface area contributed by atoms with E-state index in [1.54, 1.807) is 0 Å². The van der Waals surface area contributed by atoms with Crippen molar-refractivity contribution in [3.63, 3.8) is 0 Å². The minimum atomic E-state index is -1.55. The zero-order chi connectivity index (χ0) is 5.15. The number of thiocarbonyl (C=S) groups is 1. The monoisotopic (exact) mass is 113 g/mol. The van der Waals surface area contributed by atoms with Gasteiger partial charge in [0.05, 0.1) is 0 Å². The molecular weight excluding hydrogens is 112 g/mol. The number of hydrogen-bond acceptors (Lipinski definition) is 1. The molecule has 0 fully saturated rings. The lowest BCUT2D eigenvalue weighted by Gasteiger charge is -1.89. The van der Waals surface area contributed by atoms with Gasteiger partial charge in [0, 0.05) is 5.34 Å². The summed E-state index contributed by atoms with van der Waals surface area (Å²) in [7, 11) is 0. The molecule has 2 nitrogen and oxygen atoms in total. The molecule has 0 rings (SSSR count). The fourth-order valence-electron chi connectivity index (χ4n) is 0. The Morgan fingerprint density at radius 2 is 1.83 bits per heavy atom. The first-order chi connectivity index (χ1) is 2.64. The Hall–Kier alpha value is -0.450. The van der Waals surface area contributed by atoms with Crippen LogP contribution in [-0.4, -0.2) is 15.6 Å². The molecule has 0 aliphatic rings. The number of aliphatic hydroxyl groups is 1. The van der Waals surface area contributed by atoms with Crippen LogP contribution >= 0.6 is 12.2 Å². The van der Waals surface area contributed by atoms with Gasteiger partial charge in [-0.25, -0.2) is 0 Å². The van der Waals surface area contributed by atoms with Crippen LogP contribution in [0.2, 0.25) is 0 Å². The Kier molecular flexibility index (Phi) is 1.72. The number of aliphatic hydroxyl groups excluding tert-OH is 1. The van der Waals surface area contributed by atoms with E-state index in [0.29, 0.717) is 0 Å². The van der Waals surface area contributed by atoms with Gasteiger partial charge in [0.15, 0.2) is 0 Å². The highest BCUT2D eigenvalue weighted by Gasteiger charge is 1.98. The molecule has 1 N–H and O–H groups in total. The van der Waals surface area contributed by atoms with E-state index in [0.717, 1.165) is 0 Å². The molecule has 0 aromatic heterocycles. The smallest absolute Gasteiger partial charge is 0.318 e. The topological polar surface area (TPSA) is 23.5 Å². The minimum absolute atomic E-state index is 1.41. The van der Waals surface area contributed by atoms with Crippen LogP contribution in [0.5, 0.6) is 0 Å². The van der Waals surface area contributed by atoms with Crippen LogP contribution in [0.1, 0.15) is 0 Å². The summed E-state index contributed by atoms with van der Waals surface area (Å²) in [5, 5.41) is 4.58. The Morgan fingerprint density at radius 3 is 1.83 bits per heavy atom. The second-order valence-corrected chi connectivity index (χ2v) is 0.881. The minimum Gasteiger partial charge on any atom is -0.483 e. The van der Waals surface area contributed by atoms with Crippen LogP contribution < -0.4 is 0 Å². The molecule has 0 atom stereocenters. The molecule has 0 saturated heterocycles. The predicted molar refractivity (Wildman–Crippen MR) is 19.3 cm³/mol. The van der Waals surface area contributed by atoms with Crippen LogP contribution in [0.15, 0.2) is 0 Å². The summed E-state index contributed by atoms with van der Waals surface area (Å²) in [6.07, 6.45) is 0. The lowest BCUT2D eigenvalue weighted by atomic mass is 11.4. The molecule has 0 unspecified atom stereocenters. The summed E-state index contributed by atoms with van der Waals surface area (Å²) >= 11 is 3.55. The maximum Gasteiger partial charge on any atom is 0.318 e. The fraction of sp³-hybridized carbons (Fsp3) is 0. The van der Waals surface area contributed by atoms with Gasteiger partial charge in [-0.15, -0.1) is 0 Å². The molecule has 0 amide bonds. The van der Waals surface area contributed by atoms with E-state index >= 15 is 0 Å². The zero-order valence-corrected chi connectivity index (χ0v) is 3.38. The highest BCUT2D eigenvalue weighted by Crippen LogP contribution is 1.86. The molecule has 6 heavy (non-hydrogen) atoms. The first-order valence-corrected chi connectivity index (χ1v) is 1.40. The zero-order valence-electron chi connectivity index (χ0n) is 2.56. The molecule has 0 aromatic carbocycles. The predicted octanol–water partition coefficient (Wildman–Crippen LogP) is 0.900. The van der Waals surface area contributed by atoms with E-state index in [1.165, 1.54) is 0 Å². The summed E-state index contributed by atoms with van der Waals surface area (Å²) in [4.78, 5) is 0. The molecule has 0 aromatic rings. The average molecular weight is 113 g/mol.